The Balaban J connectivity index is 1.76. The van der Waals surface area contributed by atoms with Crippen molar-refractivity contribution in [3.63, 3.8) is 0 Å². The Morgan fingerprint density at radius 2 is 1.84 bits per heavy atom. The summed E-state index contributed by atoms with van der Waals surface area (Å²) in [4.78, 5) is 37.8. The molecule has 2 aromatic rings. The van der Waals surface area contributed by atoms with E-state index in [4.69, 9.17) is 9.47 Å². The number of ketones is 1. The number of non-ortho nitro benzene ring substituents is 1. The second-order valence-electron chi connectivity index (χ2n) is 8.38. The Hall–Kier alpha value is -3.65. The van der Waals surface area contributed by atoms with Crippen LogP contribution in [0.5, 0.6) is 0 Å². The minimum Gasteiger partial charge on any atom is -0.507 e. The zero-order valence-electron chi connectivity index (χ0n) is 19.9. The molecular weight excluding hydrogens is 506 g/mol. The third kappa shape index (κ3) is 5.11. The van der Waals surface area contributed by atoms with E-state index in [2.05, 4.69) is 0 Å². The molecular formula is C24H25N3O9S. The van der Waals surface area contributed by atoms with Crippen molar-refractivity contribution in [2.45, 2.75) is 10.9 Å². The molecule has 1 N–H and O–H groups in total. The minimum atomic E-state index is -3.78. The topological polar surface area (TPSA) is 157 Å². The number of benzene rings is 2. The number of Topliss-reactive ketones (excluding diaryl/α,β-unsaturated/α-hetero) is 1. The lowest BCUT2D eigenvalue weighted by Gasteiger charge is -2.26. The zero-order chi connectivity index (χ0) is 26.7. The molecule has 0 aromatic heterocycles. The number of aliphatic hydroxyl groups is 1. The van der Waals surface area contributed by atoms with Crippen LogP contribution in [0.4, 0.5) is 5.69 Å². The third-order valence-electron chi connectivity index (χ3n) is 6.21. The van der Waals surface area contributed by atoms with Crippen molar-refractivity contribution < 1.29 is 37.5 Å². The number of carbonyl (C=O) groups excluding carboxylic acids is 2. The van der Waals surface area contributed by atoms with Gasteiger partial charge in [-0.15, -0.1) is 0 Å². The summed E-state index contributed by atoms with van der Waals surface area (Å²) in [6.45, 7) is 1.11. The molecule has 0 aliphatic carbocycles. The van der Waals surface area contributed by atoms with Crippen molar-refractivity contribution >= 4 is 33.2 Å². The van der Waals surface area contributed by atoms with Crippen molar-refractivity contribution in [3.8, 4) is 0 Å². The summed E-state index contributed by atoms with van der Waals surface area (Å²) in [5, 5.41) is 22.5. The molecule has 4 rings (SSSR count). The number of likely N-dealkylation sites (tertiary alicyclic amines) is 1. The summed E-state index contributed by atoms with van der Waals surface area (Å²) in [5.41, 5.74) is -0.128. The van der Waals surface area contributed by atoms with E-state index in [1.165, 1.54) is 64.8 Å². The first-order chi connectivity index (χ1) is 17.7. The van der Waals surface area contributed by atoms with Crippen LogP contribution >= 0.6 is 0 Å². The highest BCUT2D eigenvalue weighted by atomic mass is 32.2. The van der Waals surface area contributed by atoms with Gasteiger partial charge < -0.3 is 19.5 Å². The van der Waals surface area contributed by atoms with Crippen molar-refractivity contribution in [2.75, 3.05) is 46.6 Å². The second kappa shape index (κ2) is 10.8. The molecule has 0 saturated carbocycles. The molecule has 1 amide bonds. The van der Waals surface area contributed by atoms with Crippen LogP contribution in [0.1, 0.15) is 17.2 Å². The monoisotopic (exact) mass is 531 g/mol. The molecule has 0 radical (unpaired) electrons. The molecule has 2 heterocycles. The highest BCUT2D eigenvalue weighted by molar-refractivity contribution is 7.89. The van der Waals surface area contributed by atoms with Gasteiger partial charge in [-0.25, -0.2) is 8.42 Å². The number of nitrogens with zero attached hydrogens (tertiary/aromatic N) is 3. The van der Waals surface area contributed by atoms with Gasteiger partial charge in [0.1, 0.15) is 5.76 Å². The van der Waals surface area contributed by atoms with E-state index in [-0.39, 0.29) is 53.5 Å². The molecule has 0 unspecified atom stereocenters. The highest BCUT2D eigenvalue weighted by Gasteiger charge is 2.46. The van der Waals surface area contributed by atoms with E-state index in [1.807, 2.05) is 0 Å². The average molecular weight is 532 g/mol. The lowest BCUT2D eigenvalue weighted by atomic mass is 9.95. The number of ether oxygens (including phenoxy) is 2. The van der Waals surface area contributed by atoms with Gasteiger partial charge in [-0.05, 0) is 29.8 Å². The summed E-state index contributed by atoms with van der Waals surface area (Å²) >= 11 is 0. The van der Waals surface area contributed by atoms with Gasteiger partial charge in [0, 0.05) is 44.4 Å². The Labute approximate surface area is 212 Å². The van der Waals surface area contributed by atoms with Crippen LogP contribution in [0.3, 0.4) is 0 Å². The third-order valence-corrected chi connectivity index (χ3v) is 8.12. The number of amides is 1. The smallest absolute Gasteiger partial charge is 0.295 e. The Kier molecular flexibility index (Phi) is 7.68. The number of nitro groups is 1. The number of carbonyl (C=O) groups is 2. The van der Waals surface area contributed by atoms with E-state index in [9.17, 15) is 33.2 Å². The van der Waals surface area contributed by atoms with Gasteiger partial charge in [0.05, 0.1) is 41.3 Å². The predicted octanol–water partition coefficient (Wildman–Crippen LogP) is 1.68. The van der Waals surface area contributed by atoms with Crippen LogP contribution in [0.25, 0.3) is 5.76 Å². The van der Waals surface area contributed by atoms with Gasteiger partial charge in [0.25, 0.3) is 17.4 Å². The van der Waals surface area contributed by atoms with E-state index < -0.39 is 38.4 Å². The van der Waals surface area contributed by atoms with Crippen LogP contribution < -0.4 is 0 Å². The van der Waals surface area contributed by atoms with Crippen molar-refractivity contribution in [1.82, 2.24) is 9.21 Å². The van der Waals surface area contributed by atoms with Crippen LogP contribution in [0, 0.1) is 10.1 Å². The molecule has 196 valence electrons. The molecule has 2 aliphatic heterocycles. The molecule has 2 aliphatic rings. The average Bonchev–Trinajstić information content (AvgIpc) is 3.17. The van der Waals surface area contributed by atoms with Gasteiger partial charge in [-0.1, -0.05) is 12.1 Å². The summed E-state index contributed by atoms with van der Waals surface area (Å²) < 4.78 is 37.4. The molecule has 0 bridgehead atoms. The van der Waals surface area contributed by atoms with Crippen LogP contribution in [0.2, 0.25) is 0 Å². The molecule has 1 atom stereocenters. The fraction of sp³-hybridized carbons (Fsp3) is 0.333. The maximum atomic E-state index is 13.0. The fourth-order valence-electron chi connectivity index (χ4n) is 4.33. The highest BCUT2D eigenvalue weighted by Crippen LogP contribution is 2.40. The lowest BCUT2D eigenvalue weighted by molar-refractivity contribution is -0.384. The van der Waals surface area contributed by atoms with Gasteiger partial charge in [-0.2, -0.15) is 4.31 Å². The number of hydrogen-bond acceptors (Lipinski definition) is 9. The molecule has 12 nitrogen and oxygen atoms in total. The standard InChI is InChI=1S/C24H25N3O9S/c1-35-12-11-26-21(17-3-2-4-18(15-17)27(31)32)20(23(29)24(26)30)22(28)16-5-7-19(8-6-16)37(33,34)25-9-13-36-14-10-25/h2-8,15,21,28H,9-14H2,1H3/b22-20+/t21-/m1/s1. The molecule has 2 saturated heterocycles. The normalized spacial score (nSPS) is 20.4. The summed E-state index contributed by atoms with van der Waals surface area (Å²) in [6.07, 6.45) is 0. The summed E-state index contributed by atoms with van der Waals surface area (Å²) in [5.74, 6) is -2.37. The van der Waals surface area contributed by atoms with Gasteiger partial charge in [0.15, 0.2) is 0 Å². The molecule has 0 spiro atoms. The maximum absolute atomic E-state index is 13.0. The van der Waals surface area contributed by atoms with E-state index in [0.717, 1.165) is 0 Å². The van der Waals surface area contributed by atoms with Crippen molar-refractivity contribution in [3.05, 3.63) is 75.3 Å². The van der Waals surface area contributed by atoms with E-state index >= 15 is 0 Å². The largest absolute Gasteiger partial charge is 0.507 e. The molecule has 2 aromatic carbocycles. The number of sulfonamides is 1. The number of morpholine rings is 1. The van der Waals surface area contributed by atoms with Crippen molar-refractivity contribution in [1.29, 1.82) is 0 Å². The molecule has 37 heavy (non-hydrogen) atoms. The van der Waals surface area contributed by atoms with Crippen molar-refractivity contribution in [2.24, 2.45) is 0 Å². The number of hydrogen-bond donors (Lipinski definition) is 1. The lowest BCUT2D eigenvalue weighted by Crippen LogP contribution is -2.40. The Morgan fingerprint density at radius 3 is 2.46 bits per heavy atom. The maximum Gasteiger partial charge on any atom is 0.295 e. The number of methoxy groups -OCH3 is 1. The Morgan fingerprint density at radius 1 is 1.16 bits per heavy atom. The summed E-state index contributed by atoms with van der Waals surface area (Å²) in [6, 6.07) is 9.66. The number of rotatable bonds is 8. The molecule has 2 fully saturated rings. The van der Waals surface area contributed by atoms with Crippen LogP contribution in [-0.4, -0.2) is 85.9 Å². The second-order valence-corrected chi connectivity index (χ2v) is 10.3. The zero-order valence-corrected chi connectivity index (χ0v) is 20.7. The first-order valence-electron chi connectivity index (χ1n) is 11.4. The van der Waals surface area contributed by atoms with Gasteiger partial charge in [0.2, 0.25) is 10.0 Å². The van der Waals surface area contributed by atoms with E-state index in [0.29, 0.717) is 13.2 Å². The SMILES string of the molecule is COCCN1C(=O)C(=O)/C(=C(/O)c2ccc(S(=O)(=O)N3CCOCC3)cc2)[C@H]1c1cccc([N+](=O)[O-])c1. The Bertz CT molecular complexity index is 1350. The first kappa shape index (κ1) is 26.4. The van der Waals surface area contributed by atoms with Gasteiger partial charge in [-0.3, -0.25) is 19.7 Å². The van der Waals surface area contributed by atoms with Gasteiger partial charge >= 0.3 is 0 Å². The summed E-state index contributed by atoms with van der Waals surface area (Å²) in [7, 11) is -2.36. The number of aliphatic hydroxyl groups excluding tert-OH is 1. The molecule has 13 heteroatoms. The van der Waals surface area contributed by atoms with E-state index in [1.54, 1.807) is 0 Å². The first-order valence-corrected chi connectivity index (χ1v) is 12.8. The fourth-order valence-corrected chi connectivity index (χ4v) is 5.74. The number of nitro benzene ring substituents is 1. The quantitative estimate of drug-likeness (QED) is 0.176. The van der Waals surface area contributed by atoms with Crippen LogP contribution in [0.15, 0.2) is 59.0 Å². The van der Waals surface area contributed by atoms with Crippen LogP contribution in [-0.2, 0) is 29.1 Å². The minimum absolute atomic E-state index is 0.00160. The predicted molar refractivity (Wildman–Crippen MR) is 130 cm³/mol.